The van der Waals surface area contributed by atoms with Gasteiger partial charge in [-0.2, -0.15) is 0 Å². The van der Waals surface area contributed by atoms with E-state index in [1.807, 2.05) is 24.3 Å². The number of hydrogen-bond acceptors (Lipinski definition) is 4. The fourth-order valence-corrected chi connectivity index (χ4v) is 2.06. The van der Waals surface area contributed by atoms with Gasteiger partial charge in [0, 0.05) is 4.47 Å². The highest BCUT2D eigenvalue weighted by Gasteiger charge is 2.12. The van der Waals surface area contributed by atoms with E-state index in [9.17, 15) is 4.79 Å². The van der Waals surface area contributed by atoms with E-state index in [4.69, 9.17) is 26.8 Å². The fourth-order valence-electron chi connectivity index (χ4n) is 1.62. The van der Waals surface area contributed by atoms with Gasteiger partial charge in [-0.25, -0.2) is 4.79 Å². The van der Waals surface area contributed by atoms with Gasteiger partial charge in [0.2, 0.25) is 0 Å². The molecular weight excluding hydrogens is 358 g/mol. The molecule has 0 aromatic heterocycles. The average molecular weight is 371 g/mol. The van der Waals surface area contributed by atoms with Crippen molar-refractivity contribution in [2.24, 2.45) is 0 Å². The van der Waals surface area contributed by atoms with Crippen LogP contribution in [0.25, 0.3) is 0 Å². The second-order valence-corrected chi connectivity index (χ2v) is 5.46. The summed E-state index contributed by atoms with van der Waals surface area (Å²) in [5.74, 6) is 0.186. The van der Waals surface area contributed by atoms with Gasteiger partial charge in [0.05, 0.1) is 16.3 Å². The Balaban J connectivity index is 1.82. The van der Waals surface area contributed by atoms with Gasteiger partial charge in [0.1, 0.15) is 19.0 Å². The van der Waals surface area contributed by atoms with Crippen LogP contribution in [0.4, 0.5) is 5.69 Å². The maximum absolute atomic E-state index is 11.9. The molecule has 0 aliphatic rings. The third-order valence-corrected chi connectivity index (χ3v) is 3.53. The van der Waals surface area contributed by atoms with Crippen LogP contribution in [0, 0.1) is 0 Å². The number of nitrogens with two attached hydrogens (primary N) is 1. The van der Waals surface area contributed by atoms with Crippen LogP contribution in [-0.4, -0.2) is 19.2 Å². The van der Waals surface area contributed by atoms with Crippen molar-refractivity contribution >= 4 is 39.2 Å². The Labute approximate surface area is 135 Å². The van der Waals surface area contributed by atoms with Gasteiger partial charge in [-0.1, -0.05) is 33.6 Å². The van der Waals surface area contributed by atoms with Crippen LogP contribution in [0.15, 0.2) is 46.9 Å². The molecule has 0 heterocycles. The van der Waals surface area contributed by atoms with Crippen LogP contribution in [0.2, 0.25) is 5.02 Å². The number of benzene rings is 2. The lowest BCUT2D eigenvalue weighted by Gasteiger charge is -2.09. The molecule has 0 unspecified atom stereocenters. The minimum absolute atomic E-state index is 0.126. The van der Waals surface area contributed by atoms with Crippen LogP contribution in [0.1, 0.15) is 10.4 Å². The van der Waals surface area contributed by atoms with Crippen molar-refractivity contribution in [2.45, 2.75) is 0 Å². The summed E-state index contributed by atoms with van der Waals surface area (Å²) in [5.41, 5.74) is 6.20. The van der Waals surface area contributed by atoms with E-state index in [1.165, 1.54) is 0 Å². The second kappa shape index (κ2) is 7.33. The first-order chi connectivity index (χ1) is 10.1. The van der Waals surface area contributed by atoms with Gasteiger partial charge in [-0.05, 0) is 36.4 Å². The molecular formula is C15H13BrClNO3. The highest BCUT2D eigenvalue weighted by molar-refractivity contribution is 9.10. The van der Waals surface area contributed by atoms with Crippen molar-refractivity contribution in [3.05, 3.63) is 57.5 Å². The van der Waals surface area contributed by atoms with Crippen LogP contribution >= 0.6 is 27.5 Å². The average Bonchev–Trinajstić information content (AvgIpc) is 2.48. The van der Waals surface area contributed by atoms with Crippen LogP contribution in [0.3, 0.4) is 0 Å². The number of carbonyl (C=O) groups excluding carboxylic acids is 1. The predicted molar refractivity (Wildman–Crippen MR) is 85.8 cm³/mol. The Morgan fingerprint density at radius 1 is 1.14 bits per heavy atom. The van der Waals surface area contributed by atoms with Gasteiger partial charge < -0.3 is 15.2 Å². The molecule has 2 aromatic rings. The molecule has 0 saturated heterocycles. The first-order valence-electron chi connectivity index (χ1n) is 6.17. The van der Waals surface area contributed by atoms with E-state index < -0.39 is 5.97 Å². The molecule has 6 heteroatoms. The first kappa shape index (κ1) is 15.7. The SMILES string of the molecule is Nc1c(Cl)cccc1C(=O)OCCOc1ccc(Br)cc1. The maximum atomic E-state index is 11.9. The number of para-hydroxylation sites is 1. The van der Waals surface area contributed by atoms with Gasteiger partial charge in [0.15, 0.2) is 0 Å². The number of esters is 1. The molecule has 0 spiro atoms. The Kier molecular flexibility index (Phi) is 5.47. The van der Waals surface area contributed by atoms with E-state index >= 15 is 0 Å². The van der Waals surface area contributed by atoms with Crippen molar-refractivity contribution in [1.82, 2.24) is 0 Å². The molecule has 0 saturated carbocycles. The molecule has 110 valence electrons. The Hall–Kier alpha value is -1.72. The van der Waals surface area contributed by atoms with Crippen molar-refractivity contribution in [3.8, 4) is 5.75 Å². The second-order valence-electron chi connectivity index (χ2n) is 4.14. The lowest BCUT2D eigenvalue weighted by Crippen LogP contribution is -2.13. The molecule has 21 heavy (non-hydrogen) atoms. The minimum Gasteiger partial charge on any atom is -0.490 e. The quantitative estimate of drug-likeness (QED) is 0.492. The smallest absolute Gasteiger partial charge is 0.340 e. The summed E-state index contributed by atoms with van der Waals surface area (Å²) in [6.07, 6.45) is 0. The zero-order valence-electron chi connectivity index (χ0n) is 11.0. The molecule has 0 radical (unpaired) electrons. The minimum atomic E-state index is -0.519. The molecule has 0 atom stereocenters. The molecule has 0 amide bonds. The first-order valence-corrected chi connectivity index (χ1v) is 7.34. The number of hydrogen-bond donors (Lipinski definition) is 1. The highest BCUT2D eigenvalue weighted by atomic mass is 79.9. The molecule has 2 aromatic carbocycles. The van der Waals surface area contributed by atoms with Crippen molar-refractivity contribution in [1.29, 1.82) is 0 Å². The lowest BCUT2D eigenvalue weighted by atomic mass is 10.2. The van der Waals surface area contributed by atoms with E-state index in [-0.39, 0.29) is 24.5 Å². The molecule has 0 aliphatic carbocycles. The Morgan fingerprint density at radius 2 is 1.86 bits per heavy atom. The Bertz CT molecular complexity index is 631. The molecule has 0 fully saturated rings. The van der Waals surface area contributed by atoms with E-state index in [2.05, 4.69) is 15.9 Å². The van der Waals surface area contributed by atoms with Crippen molar-refractivity contribution < 1.29 is 14.3 Å². The number of carbonyl (C=O) groups is 1. The van der Waals surface area contributed by atoms with Gasteiger partial charge in [0.25, 0.3) is 0 Å². The molecule has 0 aliphatic heterocycles. The number of rotatable bonds is 5. The number of ether oxygens (including phenoxy) is 2. The number of halogens is 2. The third kappa shape index (κ3) is 4.37. The van der Waals surface area contributed by atoms with Crippen molar-refractivity contribution in [2.75, 3.05) is 18.9 Å². The zero-order chi connectivity index (χ0) is 15.2. The normalized spacial score (nSPS) is 10.2. The molecule has 2 N–H and O–H groups in total. The third-order valence-electron chi connectivity index (χ3n) is 2.67. The van der Waals surface area contributed by atoms with E-state index in [0.717, 1.165) is 4.47 Å². The van der Waals surface area contributed by atoms with Crippen molar-refractivity contribution in [3.63, 3.8) is 0 Å². The van der Waals surface area contributed by atoms with Gasteiger partial charge in [-0.3, -0.25) is 0 Å². The van der Waals surface area contributed by atoms with Gasteiger partial charge >= 0.3 is 5.97 Å². The monoisotopic (exact) mass is 369 g/mol. The lowest BCUT2D eigenvalue weighted by molar-refractivity contribution is 0.0451. The summed E-state index contributed by atoms with van der Waals surface area (Å²) in [5, 5.41) is 0.329. The molecule has 2 rings (SSSR count). The summed E-state index contributed by atoms with van der Waals surface area (Å²) in [7, 11) is 0. The summed E-state index contributed by atoms with van der Waals surface area (Å²) in [6.45, 7) is 0.384. The summed E-state index contributed by atoms with van der Waals surface area (Å²) in [6, 6.07) is 12.2. The predicted octanol–water partition coefficient (Wildman–Crippen LogP) is 3.92. The zero-order valence-corrected chi connectivity index (χ0v) is 13.4. The Morgan fingerprint density at radius 3 is 2.57 bits per heavy atom. The van der Waals surface area contributed by atoms with Crippen LogP contribution in [-0.2, 0) is 4.74 Å². The fraction of sp³-hybridized carbons (Fsp3) is 0.133. The summed E-state index contributed by atoms with van der Waals surface area (Å²) < 4.78 is 11.5. The summed E-state index contributed by atoms with van der Waals surface area (Å²) >= 11 is 9.19. The standard InChI is InChI=1S/C15H13BrClNO3/c16-10-4-6-11(7-5-10)20-8-9-21-15(19)12-2-1-3-13(17)14(12)18/h1-7H,8-9,18H2. The number of anilines is 1. The van der Waals surface area contributed by atoms with E-state index in [1.54, 1.807) is 18.2 Å². The highest BCUT2D eigenvalue weighted by Crippen LogP contribution is 2.23. The summed E-state index contributed by atoms with van der Waals surface area (Å²) in [4.78, 5) is 11.9. The van der Waals surface area contributed by atoms with Gasteiger partial charge in [-0.15, -0.1) is 0 Å². The maximum Gasteiger partial charge on any atom is 0.340 e. The van der Waals surface area contributed by atoms with Crippen LogP contribution < -0.4 is 10.5 Å². The largest absolute Gasteiger partial charge is 0.490 e. The molecule has 4 nitrogen and oxygen atoms in total. The van der Waals surface area contributed by atoms with Crippen LogP contribution in [0.5, 0.6) is 5.75 Å². The topological polar surface area (TPSA) is 61.6 Å². The molecule has 0 bridgehead atoms. The van der Waals surface area contributed by atoms with E-state index in [0.29, 0.717) is 10.8 Å². The number of nitrogen functional groups attached to an aromatic ring is 1.